The number of ether oxygens (including phenoxy) is 2. The van der Waals surface area contributed by atoms with E-state index < -0.39 is 6.36 Å². The second-order valence-electron chi connectivity index (χ2n) is 5.68. The summed E-state index contributed by atoms with van der Waals surface area (Å²) >= 11 is 0. The molecule has 8 heteroatoms. The van der Waals surface area contributed by atoms with Crippen LogP contribution in [0, 0.1) is 0 Å². The number of benzene rings is 2. The molecule has 0 unspecified atom stereocenters. The Balaban J connectivity index is 1.69. The lowest BCUT2D eigenvalue weighted by atomic mass is 10.2. The number of nitrogens with one attached hydrogen (secondary N) is 1. The van der Waals surface area contributed by atoms with Crippen molar-refractivity contribution in [3.63, 3.8) is 0 Å². The first-order valence-corrected chi connectivity index (χ1v) is 8.47. The molecule has 0 bridgehead atoms. The van der Waals surface area contributed by atoms with Crippen LogP contribution in [0.5, 0.6) is 5.75 Å². The summed E-state index contributed by atoms with van der Waals surface area (Å²) in [6.07, 6.45) is -3.22. The monoisotopic (exact) mass is 381 g/mol. The Bertz CT molecular complexity index is 722. The van der Waals surface area contributed by atoms with Gasteiger partial charge in [-0.15, -0.1) is 13.2 Å². The lowest BCUT2D eigenvalue weighted by molar-refractivity contribution is -0.274. The van der Waals surface area contributed by atoms with Crippen molar-refractivity contribution in [3.8, 4) is 5.75 Å². The maximum absolute atomic E-state index is 12.4. The summed E-state index contributed by atoms with van der Waals surface area (Å²) in [5, 5.41) is 2.63. The van der Waals surface area contributed by atoms with E-state index >= 15 is 0 Å². The minimum atomic E-state index is -4.77. The first kappa shape index (κ1) is 20.6. The summed E-state index contributed by atoms with van der Waals surface area (Å²) in [6, 6.07) is 15.5. The molecular formula is C19H22F3N3O2. The van der Waals surface area contributed by atoms with Crippen LogP contribution >= 0.6 is 0 Å². The van der Waals surface area contributed by atoms with Crippen LogP contribution < -0.4 is 15.8 Å². The molecule has 5 nitrogen and oxygen atoms in total. The molecular weight excluding hydrogens is 359 g/mol. The number of nitrogens with zero attached hydrogens (tertiary/aromatic N) is 1. The molecule has 0 amide bonds. The molecule has 0 aromatic heterocycles. The highest BCUT2D eigenvalue weighted by atomic mass is 19.4. The predicted octanol–water partition coefficient (Wildman–Crippen LogP) is 4.31. The van der Waals surface area contributed by atoms with Crippen molar-refractivity contribution in [1.29, 1.82) is 0 Å². The van der Waals surface area contributed by atoms with Crippen molar-refractivity contribution in [2.45, 2.75) is 25.8 Å². The van der Waals surface area contributed by atoms with Gasteiger partial charge in [0.1, 0.15) is 0 Å². The lowest BCUT2D eigenvalue weighted by Gasteiger charge is -2.14. The number of hydrogen-bond donors (Lipinski definition) is 2. The second-order valence-corrected chi connectivity index (χ2v) is 5.68. The number of rotatable bonds is 9. The van der Waals surface area contributed by atoms with Crippen molar-refractivity contribution in [3.05, 3.63) is 60.2 Å². The Kier molecular flexibility index (Phi) is 7.94. The van der Waals surface area contributed by atoms with Gasteiger partial charge in [-0.05, 0) is 30.5 Å². The van der Waals surface area contributed by atoms with E-state index in [1.165, 1.54) is 18.2 Å². The third-order valence-corrected chi connectivity index (χ3v) is 3.47. The number of para-hydroxylation sites is 2. The molecule has 3 N–H and O–H groups in total. The molecule has 0 saturated carbocycles. The smallest absolute Gasteiger partial charge is 0.404 e. The van der Waals surface area contributed by atoms with Crippen molar-refractivity contribution >= 4 is 11.6 Å². The average Bonchev–Trinajstić information content (AvgIpc) is 2.62. The highest BCUT2D eigenvalue weighted by Gasteiger charge is 2.32. The van der Waals surface area contributed by atoms with Crippen LogP contribution in [0.15, 0.2) is 59.6 Å². The number of anilines is 1. The van der Waals surface area contributed by atoms with E-state index in [9.17, 15) is 13.2 Å². The number of unbranched alkanes of at least 4 members (excludes halogenated alkanes) is 1. The largest absolute Gasteiger partial charge is 0.573 e. The SMILES string of the molecule is NC(=NCCCCOCc1ccccc1)Nc1ccccc1OC(F)(F)F. The van der Waals surface area contributed by atoms with Gasteiger partial charge in [-0.2, -0.15) is 0 Å². The third-order valence-electron chi connectivity index (χ3n) is 3.47. The molecule has 0 radical (unpaired) electrons. The van der Waals surface area contributed by atoms with E-state index in [0.717, 1.165) is 18.4 Å². The Morgan fingerprint density at radius 2 is 1.70 bits per heavy atom. The molecule has 0 atom stereocenters. The predicted molar refractivity (Wildman–Crippen MR) is 98.6 cm³/mol. The van der Waals surface area contributed by atoms with Crippen molar-refractivity contribution in [1.82, 2.24) is 0 Å². The number of guanidine groups is 1. The second kappa shape index (κ2) is 10.4. The average molecular weight is 381 g/mol. The van der Waals surface area contributed by atoms with E-state index in [1.807, 2.05) is 30.3 Å². The van der Waals surface area contributed by atoms with Crippen molar-refractivity contribution < 1.29 is 22.6 Å². The number of halogens is 3. The first-order chi connectivity index (χ1) is 12.9. The van der Waals surface area contributed by atoms with E-state index in [-0.39, 0.29) is 17.4 Å². The standard InChI is InChI=1S/C19H22F3N3O2/c20-19(21,22)27-17-11-5-4-10-16(17)25-18(23)24-12-6-7-13-26-14-15-8-2-1-3-9-15/h1-5,8-11H,6-7,12-14H2,(H3,23,24,25). The summed E-state index contributed by atoms with van der Waals surface area (Å²) < 4.78 is 46.7. The Hall–Kier alpha value is -2.74. The molecule has 0 aliphatic heterocycles. The number of nitrogens with two attached hydrogens (primary N) is 1. The molecule has 0 aliphatic carbocycles. The van der Waals surface area contributed by atoms with Gasteiger partial charge in [-0.1, -0.05) is 42.5 Å². The van der Waals surface area contributed by atoms with Crippen LogP contribution in [0.1, 0.15) is 18.4 Å². The molecule has 27 heavy (non-hydrogen) atoms. The minimum absolute atomic E-state index is 0.0263. The molecule has 0 aliphatic rings. The van der Waals surface area contributed by atoms with E-state index in [1.54, 1.807) is 6.07 Å². The third kappa shape index (κ3) is 8.46. The summed E-state index contributed by atoms with van der Waals surface area (Å²) in [5.74, 6) is -0.337. The van der Waals surface area contributed by atoms with Gasteiger partial charge in [0.2, 0.25) is 0 Å². The molecule has 2 aromatic rings. The maximum Gasteiger partial charge on any atom is 0.573 e. The summed E-state index contributed by atoms with van der Waals surface area (Å²) in [4.78, 5) is 4.10. The van der Waals surface area contributed by atoms with Crippen LogP contribution in [0.25, 0.3) is 0 Å². The zero-order valence-electron chi connectivity index (χ0n) is 14.7. The van der Waals surface area contributed by atoms with Crippen LogP contribution in [0.4, 0.5) is 18.9 Å². The number of aliphatic imine (C=N–C) groups is 1. The topological polar surface area (TPSA) is 68.9 Å². The van der Waals surface area contributed by atoms with E-state index in [0.29, 0.717) is 19.8 Å². The minimum Gasteiger partial charge on any atom is -0.404 e. The number of alkyl halides is 3. The fourth-order valence-corrected chi connectivity index (χ4v) is 2.24. The Morgan fingerprint density at radius 3 is 2.44 bits per heavy atom. The van der Waals surface area contributed by atoms with Crippen molar-refractivity contribution in [2.75, 3.05) is 18.5 Å². The summed E-state index contributed by atoms with van der Waals surface area (Å²) in [6.45, 7) is 1.60. The molecule has 0 spiro atoms. The van der Waals surface area contributed by atoms with E-state index in [4.69, 9.17) is 10.5 Å². The maximum atomic E-state index is 12.4. The molecule has 2 rings (SSSR count). The van der Waals surface area contributed by atoms with Gasteiger partial charge in [-0.25, -0.2) is 0 Å². The highest BCUT2D eigenvalue weighted by Crippen LogP contribution is 2.29. The van der Waals surface area contributed by atoms with Crippen LogP contribution in [-0.2, 0) is 11.3 Å². The van der Waals surface area contributed by atoms with Crippen molar-refractivity contribution in [2.24, 2.45) is 10.7 Å². The molecule has 2 aromatic carbocycles. The van der Waals surface area contributed by atoms with Gasteiger partial charge in [0, 0.05) is 13.2 Å². The van der Waals surface area contributed by atoms with Crippen LogP contribution in [0.2, 0.25) is 0 Å². The van der Waals surface area contributed by atoms with Gasteiger partial charge in [0.05, 0.1) is 12.3 Å². The zero-order valence-corrected chi connectivity index (χ0v) is 14.7. The fourth-order valence-electron chi connectivity index (χ4n) is 2.24. The highest BCUT2D eigenvalue weighted by molar-refractivity contribution is 5.93. The summed E-state index contributed by atoms with van der Waals surface area (Å²) in [7, 11) is 0. The van der Waals surface area contributed by atoms with Gasteiger partial charge in [-0.3, -0.25) is 4.99 Å². The van der Waals surface area contributed by atoms with Gasteiger partial charge < -0.3 is 20.5 Å². The van der Waals surface area contributed by atoms with Crippen LogP contribution in [0.3, 0.4) is 0 Å². The molecule has 0 heterocycles. The van der Waals surface area contributed by atoms with Crippen LogP contribution in [-0.4, -0.2) is 25.5 Å². The fraction of sp³-hybridized carbons (Fsp3) is 0.316. The van der Waals surface area contributed by atoms with Gasteiger partial charge in [0.15, 0.2) is 11.7 Å². The Labute approximate surface area is 156 Å². The zero-order chi connectivity index (χ0) is 19.5. The molecule has 146 valence electrons. The number of hydrogen-bond acceptors (Lipinski definition) is 3. The first-order valence-electron chi connectivity index (χ1n) is 8.47. The van der Waals surface area contributed by atoms with Gasteiger partial charge >= 0.3 is 6.36 Å². The van der Waals surface area contributed by atoms with E-state index in [2.05, 4.69) is 15.0 Å². The quantitative estimate of drug-likeness (QED) is 0.386. The molecule has 0 fully saturated rings. The Morgan fingerprint density at radius 1 is 1.00 bits per heavy atom. The summed E-state index contributed by atoms with van der Waals surface area (Å²) in [5.41, 5.74) is 6.94. The normalized spacial score (nSPS) is 12.0. The lowest BCUT2D eigenvalue weighted by Crippen LogP contribution is -2.24. The van der Waals surface area contributed by atoms with Gasteiger partial charge in [0.25, 0.3) is 0 Å². The molecule has 0 saturated heterocycles.